The lowest BCUT2D eigenvalue weighted by Crippen LogP contribution is -2.54. The molecule has 1 saturated carbocycles. The molecule has 0 aromatic rings. The van der Waals surface area contributed by atoms with Crippen LogP contribution in [-0.2, 0) is 4.74 Å². The highest BCUT2D eigenvalue weighted by Gasteiger charge is 2.25. The summed E-state index contributed by atoms with van der Waals surface area (Å²) in [5.41, 5.74) is 0. The fourth-order valence-corrected chi connectivity index (χ4v) is 4.28. The van der Waals surface area contributed by atoms with Crippen LogP contribution in [-0.4, -0.2) is 61.3 Å². The third-order valence-corrected chi connectivity index (χ3v) is 5.64. The standard InChI is InChI=1S/C18H36N2O/c1-15(2)20-13-12-19(14-16(20)3)11-5-6-17-7-9-18(21-4)10-8-17/h15-18H,5-14H2,1-4H3. The van der Waals surface area contributed by atoms with Crippen molar-refractivity contribution in [2.24, 2.45) is 5.92 Å². The smallest absolute Gasteiger partial charge is 0.0571 e. The molecule has 1 heterocycles. The van der Waals surface area contributed by atoms with Gasteiger partial charge in [-0.25, -0.2) is 0 Å². The molecule has 1 unspecified atom stereocenters. The fraction of sp³-hybridized carbons (Fsp3) is 1.00. The molecule has 0 aromatic heterocycles. The lowest BCUT2D eigenvalue weighted by atomic mass is 9.84. The van der Waals surface area contributed by atoms with Crippen molar-refractivity contribution in [2.45, 2.75) is 77.5 Å². The lowest BCUT2D eigenvalue weighted by molar-refractivity contribution is 0.0493. The van der Waals surface area contributed by atoms with Crippen molar-refractivity contribution in [2.75, 3.05) is 33.3 Å². The Labute approximate surface area is 132 Å². The van der Waals surface area contributed by atoms with Gasteiger partial charge in [0.1, 0.15) is 0 Å². The van der Waals surface area contributed by atoms with Crippen molar-refractivity contribution in [3.8, 4) is 0 Å². The van der Waals surface area contributed by atoms with Crippen LogP contribution in [0, 0.1) is 5.92 Å². The molecule has 0 spiro atoms. The van der Waals surface area contributed by atoms with Crippen LogP contribution >= 0.6 is 0 Å². The first kappa shape index (κ1) is 17.2. The van der Waals surface area contributed by atoms with Gasteiger partial charge in [0.15, 0.2) is 0 Å². The summed E-state index contributed by atoms with van der Waals surface area (Å²) in [5.74, 6) is 0.964. The molecule has 21 heavy (non-hydrogen) atoms. The van der Waals surface area contributed by atoms with Crippen LogP contribution in [0.2, 0.25) is 0 Å². The van der Waals surface area contributed by atoms with Gasteiger partial charge in [0.2, 0.25) is 0 Å². The number of nitrogens with zero attached hydrogens (tertiary/aromatic N) is 2. The van der Waals surface area contributed by atoms with Crippen molar-refractivity contribution >= 4 is 0 Å². The van der Waals surface area contributed by atoms with Gasteiger partial charge in [-0.15, -0.1) is 0 Å². The summed E-state index contributed by atoms with van der Waals surface area (Å²) >= 11 is 0. The van der Waals surface area contributed by atoms with Crippen LogP contribution in [0.15, 0.2) is 0 Å². The maximum atomic E-state index is 5.47. The molecular weight excluding hydrogens is 260 g/mol. The Morgan fingerprint density at radius 1 is 1.10 bits per heavy atom. The van der Waals surface area contributed by atoms with Gasteiger partial charge in [0, 0.05) is 38.8 Å². The molecule has 1 saturated heterocycles. The number of piperazine rings is 1. The minimum atomic E-state index is 0.547. The molecule has 3 heteroatoms. The molecule has 124 valence electrons. The second kappa shape index (κ2) is 8.50. The van der Waals surface area contributed by atoms with Gasteiger partial charge < -0.3 is 9.64 Å². The molecule has 0 radical (unpaired) electrons. The molecule has 1 aliphatic carbocycles. The third kappa shape index (κ3) is 5.22. The second-order valence-corrected chi connectivity index (χ2v) is 7.50. The molecule has 2 rings (SSSR count). The van der Waals surface area contributed by atoms with Gasteiger partial charge >= 0.3 is 0 Å². The van der Waals surface area contributed by atoms with Crippen molar-refractivity contribution < 1.29 is 4.74 Å². The van der Waals surface area contributed by atoms with Gasteiger partial charge in [-0.3, -0.25) is 4.90 Å². The minimum absolute atomic E-state index is 0.547. The number of hydrogen-bond donors (Lipinski definition) is 0. The zero-order valence-electron chi connectivity index (χ0n) is 14.7. The van der Waals surface area contributed by atoms with E-state index in [1.807, 2.05) is 7.11 Å². The van der Waals surface area contributed by atoms with E-state index in [2.05, 4.69) is 30.6 Å². The predicted molar refractivity (Wildman–Crippen MR) is 89.7 cm³/mol. The van der Waals surface area contributed by atoms with Crippen LogP contribution in [0.25, 0.3) is 0 Å². The van der Waals surface area contributed by atoms with Crippen LogP contribution in [0.5, 0.6) is 0 Å². The van der Waals surface area contributed by atoms with E-state index >= 15 is 0 Å². The molecule has 1 aliphatic heterocycles. The molecule has 1 atom stereocenters. The Hall–Kier alpha value is -0.120. The van der Waals surface area contributed by atoms with E-state index in [-0.39, 0.29) is 0 Å². The van der Waals surface area contributed by atoms with Gasteiger partial charge in [-0.1, -0.05) is 0 Å². The Morgan fingerprint density at radius 3 is 2.38 bits per heavy atom. The summed E-state index contributed by atoms with van der Waals surface area (Å²) in [7, 11) is 1.86. The molecule has 3 nitrogen and oxygen atoms in total. The number of rotatable bonds is 6. The summed E-state index contributed by atoms with van der Waals surface area (Å²) in [4.78, 5) is 5.33. The normalized spacial score (nSPS) is 32.7. The van der Waals surface area contributed by atoms with E-state index < -0.39 is 0 Å². The maximum absolute atomic E-state index is 5.47. The summed E-state index contributed by atoms with van der Waals surface area (Å²) in [5, 5.41) is 0. The predicted octanol–water partition coefficient (Wildman–Crippen LogP) is 3.39. The van der Waals surface area contributed by atoms with Gasteiger partial charge in [0.05, 0.1) is 6.10 Å². The Balaban J connectivity index is 1.60. The van der Waals surface area contributed by atoms with Crippen molar-refractivity contribution in [1.29, 1.82) is 0 Å². The zero-order valence-corrected chi connectivity index (χ0v) is 14.7. The summed E-state index contributed by atoms with van der Waals surface area (Å²) in [6.07, 6.45) is 8.69. The highest BCUT2D eigenvalue weighted by atomic mass is 16.5. The molecule has 0 bridgehead atoms. The monoisotopic (exact) mass is 296 g/mol. The Morgan fingerprint density at radius 2 is 1.81 bits per heavy atom. The lowest BCUT2D eigenvalue weighted by Gasteiger charge is -2.42. The highest BCUT2D eigenvalue weighted by Crippen LogP contribution is 2.29. The SMILES string of the molecule is COC1CCC(CCCN2CCN(C(C)C)C(C)C2)CC1. The molecule has 0 aromatic carbocycles. The first-order valence-corrected chi connectivity index (χ1v) is 9.11. The number of hydrogen-bond acceptors (Lipinski definition) is 3. The third-order valence-electron chi connectivity index (χ3n) is 5.64. The fourth-order valence-electron chi connectivity index (χ4n) is 4.28. The average molecular weight is 296 g/mol. The molecule has 2 aliphatic rings. The zero-order chi connectivity index (χ0) is 15.2. The van der Waals surface area contributed by atoms with Crippen molar-refractivity contribution in [1.82, 2.24) is 9.80 Å². The van der Waals surface area contributed by atoms with E-state index in [9.17, 15) is 0 Å². The van der Waals surface area contributed by atoms with Crippen molar-refractivity contribution in [3.63, 3.8) is 0 Å². The van der Waals surface area contributed by atoms with E-state index in [0.29, 0.717) is 12.1 Å². The first-order valence-electron chi connectivity index (χ1n) is 9.11. The van der Waals surface area contributed by atoms with Crippen LogP contribution in [0.1, 0.15) is 59.3 Å². The average Bonchev–Trinajstić information content (AvgIpc) is 2.47. The van der Waals surface area contributed by atoms with E-state index in [1.165, 1.54) is 64.7 Å². The highest BCUT2D eigenvalue weighted by molar-refractivity contribution is 4.81. The largest absolute Gasteiger partial charge is 0.381 e. The summed E-state index contributed by atoms with van der Waals surface area (Å²) in [6, 6.07) is 1.41. The number of ether oxygens (including phenoxy) is 1. The summed E-state index contributed by atoms with van der Waals surface area (Å²) in [6.45, 7) is 12.1. The molecule has 0 amide bonds. The van der Waals surface area contributed by atoms with Gasteiger partial charge in [0.25, 0.3) is 0 Å². The molecular formula is C18H36N2O. The maximum Gasteiger partial charge on any atom is 0.0571 e. The first-order chi connectivity index (χ1) is 10.1. The van der Waals surface area contributed by atoms with E-state index in [4.69, 9.17) is 4.74 Å². The molecule has 2 fully saturated rings. The molecule has 0 N–H and O–H groups in total. The quantitative estimate of drug-likeness (QED) is 0.747. The van der Waals surface area contributed by atoms with E-state index in [1.54, 1.807) is 0 Å². The van der Waals surface area contributed by atoms with E-state index in [0.717, 1.165) is 12.0 Å². The Kier molecular flexibility index (Phi) is 6.97. The van der Waals surface area contributed by atoms with Crippen LogP contribution in [0.4, 0.5) is 0 Å². The second-order valence-electron chi connectivity index (χ2n) is 7.50. The summed E-state index contributed by atoms with van der Waals surface area (Å²) < 4.78 is 5.47. The van der Waals surface area contributed by atoms with Crippen LogP contribution in [0.3, 0.4) is 0 Å². The van der Waals surface area contributed by atoms with Gasteiger partial charge in [-0.05, 0) is 71.8 Å². The van der Waals surface area contributed by atoms with Gasteiger partial charge in [-0.2, -0.15) is 0 Å². The number of methoxy groups -OCH3 is 1. The van der Waals surface area contributed by atoms with Crippen molar-refractivity contribution in [3.05, 3.63) is 0 Å². The Bertz CT molecular complexity index is 287. The minimum Gasteiger partial charge on any atom is -0.381 e. The topological polar surface area (TPSA) is 15.7 Å². The van der Waals surface area contributed by atoms with Crippen LogP contribution < -0.4 is 0 Å².